The summed E-state index contributed by atoms with van der Waals surface area (Å²) in [4.78, 5) is 0. The number of rotatable bonds is 4. The Morgan fingerprint density at radius 2 is 1.73 bits per heavy atom. The maximum absolute atomic E-state index is 12.0. The Morgan fingerprint density at radius 3 is 2.20 bits per heavy atom. The average molecular weight is 221 g/mol. The van der Waals surface area contributed by atoms with Gasteiger partial charge in [-0.15, -0.1) is 0 Å². The van der Waals surface area contributed by atoms with E-state index in [0.29, 0.717) is 11.8 Å². The molecule has 0 spiro atoms. The van der Waals surface area contributed by atoms with Crippen LogP contribution < -0.4 is 5.32 Å². The van der Waals surface area contributed by atoms with Crippen molar-refractivity contribution in [1.29, 1.82) is 0 Å². The predicted octanol–water partition coefficient (Wildman–Crippen LogP) is 2.03. The van der Waals surface area contributed by atoms with Gasteiger partial charge in [0, 0.05) is 12.6 Å². The Balaban J connectivity index is 2.26. The van der Waals surface area contributed by atoms with E-state index in [1.807, 2.05) is 0 Å². The van der Waals surface area contributed by atoms with Crippen LogP contribution in [-0.4, -0.2) is 30.2 Å². The van der Waals surface area contributed by atoms with E-state index < -0.39 is 12.5 Å². The van der Waals surface area contributed by atoms with Gasteiger partial charge < -0.3 is 10.4 Å². The molecule has 0 aromatic rings. The second-order valence-electron chi connectivity index (χ2n) is 4.92. The van der Waals surface area contributed by atoms with Gasteiger partial charge in [-0.05, 0) is 31.1 Å². The Bertz CT molecular complexity index is 179. The minimum absolute atomic E-state index is 0.00176. The fourth-order valence-corrected chi connectivity index (χ4v) is 2.49. The molecule has 1 aliphatic rings. The molecule has 90 valence electrons. The van der Waals surface area contributed by atoms with E-state index in [2.05, 4.69) is 19.2 Å². The minimum Gasteiger partial charge on any atom is -0.386 e. The fourth-order valence-electron chi connectivity index (χ4n) is 2.49. The van der Waals surface area contributed by atoms with Crippen LogP contribution in [-0.2, 0) is 0 Å². The second kappa shape index (κ2) is 5.75. The van der Waals surface area contributed by atoms with Gasteiger partial charge in [-0.25, -0.2) is 8.78 Å². The predicted molar refractivity (Wildman–Crippen MR) is 56.0 cm³/mol. The molecule has 2 nitrogen and oxygen atoms in total. The van der Waals surface area contributed by atoms with E-state index in [1.165, 1.54) is 6.42 Å². The topological polar surface area (TPSA) is 32.3 Å². The molecular formula is C11H21F2NO. The van der Waals surface area contributed by atoms with Gasteiger partial charge in [0.25, 0.3) is 6.43 Å². The smallest absolute Gasteiger partial charge is 0.265 e. The summed E-state index contributed by atoms with van der Waals surface area (Å²) in [6.07, 6.45) is -0.899. The van der Waals surface area contributed by atoms with Gasteiger partial charge in [-0.2, -0.15) is 0 Å². The van der Waals surface area contributed by atoms with Gasteiger partial charge >= 0.3 is 0 Å². The van der Waals surface area contributed by atoms with Crippen LogP contribution in [0.1, 0.15) is 33.1 Å². The van der Waals surface area contributed by atoms with Crippen molar-refractivity contribution in [2.24, 2.45) is 11.8 Å². The molecule has 3 unspecified atom stereocenters. The molecule has 0 bridgehead atoms. The number of nitrogens with one attached hydrogen (secondary N) is 1. The van der Waals surface area contributed by atoms with Crippen LogP contribution >= 0.6 is 0 Å². The highest BCUT2D eigenvalue weighted by molar-refractivity contribution is 4.80. The number of aliphatic hydroxyl groups excluding tert-OH is 1. The summed E-state index contributed by atoms with van der Waals surface area (Å²) in [5, 5.41) is 12.0. The molecular weight excluding hydrogens is 200 g/mol. The van der Waals surface area contributed by atoms with Crippen molar-refractivity contribution in [1.82, 2.24) is 5.32 Å². The molecule has 0 saturated heterocycles. The van der Waals surface area contributed by atoms with Crippen LogP contribution in [0.15, 0.2) is 0 Å². The van der Waals surface area contributed by atoms with Crippen LogP contribution in [0.5, 0.6) is 0 Å². The highest BCUT2D eigenvalue weighted by Gasteiger charge is 2.25. The van der Waals surface area contributed by atoms with Gasteiger partial charge in [-0.3, -0.25) is 0 Å². The van der Waals surface area contributed by atoms with Crippen molar-refractivity contribution in [2.75, 3.05) is 6.54 Å². The van der Waals surface area contributed by atoms with Crippen LogP contribution in [0, 0.1) is 11.8 Å². The molecule has 0 amide bonds. The zero-order valence-corrected chi connectivity index (χ0v) is 9.42. The quantitative estimate of drug-likeness (QED) is 0.761. The first-order valence-corrected chi connectivity index (χ1v) is 5.68. The van der Waals surface area contributed by atoms with Crippen molar-refractivity contribution >= 4 is 0 Å². The molecule has 1 aliphatic carbocycles. The third-order valence-electron chi connectivity index (χ3n) is 3.09. The third kappa shape index (κ3) is 4.43. The lowest BCUT2D eigenvalue weighted by atomic mass is 9.80. The first kappa shape index (κ1) is 12.8. The molecule has 0 radical (unpaired) electrons. The number of hydrogen-bond acceptors (Lipinski definition) is 2. The van der Waals surface area contributed by atoms with Crippen molar-refractivity contribution in [3.63, 3.8) is 0 Å². The van der Waals surface area contributed by atoms with Gasteiger partial charge in [0.1, 0.15) is 6.10 Å². The lowest BCUT2D eigenvalue weighted by Gasteiger charge is -2.32. The van der Waals surface area contributed by atoms with Crippen LogP contribution in [0.4, 0.5) is 8.78 Å². The Labute approximate surface area is 90.1 Å². The summed E-state index contributed by atoms with van der Waals surface area (Å²) in [5.41, 5.74) is 0. The highest BCUT2D eigenvalue weighted by atomic mass is 19.3. The fraction of sp³-hybridized carbons (Fsp3) is 1.00. The number of halogens is 2. The molecule has 1 saturated carbocycles. The number of hydrogen-bond donors (Lipinski definition) is 2. The Morgan fingerprint density at radius 1 is 1.20 bits per heavy atom. The minimum atomic E-state index is -2.64. The van der Waals surface area contributed by atoms with E-state index >= 15 is 0 Å². The van der Waals surface area contributed by atoms with Crippen molar-refractivity contribution in [2.45, 2.75) is 51.7 Å². The lowest BCUT2D eigenvalue weighted by molar-refractivity contribution is -0.00593. The molecule has 3 atom stereocenters. The molecule has 4 heteroatoms. The maximum Gasteiger partial charge on any atom is 0.265 e. The van der Waals surface area contributed by atoms with Gasteiger partial charge in [0.05, 0.1) is 0 Å². The molecule has 1 fully saturated rings. The molecule has 0 aromatic carbocycles. The zero-order valence-electron chi connectivity index (χ0n) is 9.42. The van der Waals surface area contributed by atoms with E-state index in [0.717, 1.165) is 12.8 Å². The van der Waals surface area contributed by atoms with Crippen LogP contribution in [0.2, 0.25) is 0 Å². The first-order chi connectivity index (χ1) is 6.99. The van der Waals surface area contributed by atoms with E-state index in [1.54, 1.807) is 0 Å². The number of aliphatic hydroxyl groups is 1. The molecule has 0 aliphatic heterocycles. The molecule has 0 heterocycles. The van der Waals surface area contributed by atoms with Crippen molar-refractivity contribution < 1.29 is 13.9 Å². The van der Waals surface area contributed by atoms with Crippen LogP contribution in [0.3, 0.4) is 0 Å². The van der Waals surface area contributed by atoms with Crippen LogP contribution in [0.25, 0.3) is 0 Å². The van der Waals surface area contributed by atoms with Gasteiger partial charge in [0.15, 0.2) is 0 Å². The lowest BCUT2D eigenvalue weighted by Crippen LogP contribution is -2.42. The second-order valence-corrected chi connectivity index (χ2v) is 4.92. The average Bonchev–Trinajstić information content (AvgIpc) is 2.12. The van der Waals surface area contributed by atoms with Gasteiger partial charge in [0.2, 0.25) is 0 Å². The molecule has 0 aromatic heterocycles. The normalized spacial score (nSPS) is 34.4. The number of alkyl halides is 2. The summed E-state index contributed by atoms with van der Waals surface area (Å²) >= 11 is 0. The van der Waals surface area contributed by atoms with E-state index in [4.69, 9.17) is 5.11 Å². The first-order valence-electron chi connectivity index (χ1n) is 5.68. The van der Waals surface area contributed by atoms with Gasteiger partial charge in [-0.1, -0.05) is 13.8 Å². The highest BCUT2D eigenvalue weighted by Crippen LogP contribution is 2.28. The largest absolute Gasteiger partial charge is 0.386 e. The van der Waals surface area contributed by atoms with Crippen molar-refractivity contribution in [3.05, 3.63) is 0 Å². The summed E-state index contributed by atoms with van der Waals surface area (Å²) < 4.78 is 24.1. The summed E-state index contributed by atoms with van der Waals surface area (Å²) in [6.45, 7) is 4.38. The summed E-state index contributed by atoms with van der Waals surface area (Å²) in [7, 11) is 0. The third-order valence-corrected chi connectivity index (χ3v) is 3.09. The SMILES string of the molecule is CC1CC(C)CC(NCC(O)C(F)F)C1. The standard InChI is InChI=1S/C11H21F2NO/c1-7-3-8(2)5-9(4-7)14-6-10(15)11(12)13/h7-11,14-15H,3-6H2,1-2H3. The summed E-state index contributed by atoms with van der Waals surface area (Å²) in [5.74, 6) is 1.30. The Hall–Kier alpha value is -0.220. The summed E-state index contributed by atoms with van der Waals surface area (Å²) in [6, 6.07) is 0.289. The van der Waals surface area contributed by atoms with E-state index in [-0.39, 0.29) is 12.6 Å². The monoisotopic (exact) mass is 221 g/mol. The molecule has 1 rings (SSSR count). The molecule has 15 heavy (non-hydrogen) atoms. The van der Waals surface area contributed by atoms with Crippen molar-refractivity contribution in [3.8, 4) is 0 Å². The Kier molecular flexibility index (Phi) is 4.93. The molecule has 2 N–H and O–H groups in total. The van der Waals surface area contributed by atoms with E-state index in [9.17, 15) is 8.78 Å². The maximum atomic E-state index is 12.0. The zero-order chi connectivity index (χ0) is 11.4.